The van der Waals surface area contributed by atoms with Crippen molar-refractivity contribution in [3.8, 4) is 17.0 Å². The maximum atomic E-state index is 13.2. The first-order valence-corrected chi connectivity index (χ1v) is 9.37. The van der Waals surface area contributed by atoms with Gasteiger partial charge in [0.15, 0.2) is 0 Å². The molecule has 0 spiro atoms. The Labute approximate surface area is 164 Å². The highest BCUT2D eigenvalue weighted by atomic mass is 16.5. The van der Waals surface area contributed by atoms with Gasteiger partial charge in [-0.05, 0) is 17.7 Å². The van der Waals surface area contributed by atoms with Crippen LogP contribution in [-0.4, -0.2) is 54.0 Å². The third-order valence-corrected chi connectivity index (χ3v) is 4.82. The third kappa shape index (κ3) is 3.92. The maximum Gasteiger partial charge on any atom is 0.257 e. The van der Waals surface area contributed by atoms with Crippen LogP contribution in [0.1, 0.15) is 15.9 Å². The van der Waals surface area contributed by atoms with E-state index in [9.17, 15) is 4.79 Å². The summed E-state index contributed by atoms with van der Waals surface area (Å²) in [5, 5.41) is 4.75. The first-order chi connectivity index (χ1) is 13.7. The summed E-state index contributed by atoms with van der Waals surface area (Å²) in [7, 11) is 1.63. The number of ether oxygens (including phenoxy) is 2. The summed E-state index contributed by atoms with van der Waals surface area (Å²) >= 11 is 0. The molecule has 1 fully saturated rings. The van der Waals surface area contributed by atoms with Crippen molar-refractivity contribution < 1.29 is 14.3 Å². The van der Waals surface area contributed by atoms with E-state index in [0.29, 0.717) is 44.1 Å². The van der Waals surface area contributed by atoms with Gasteiger partial charge in [0.2, 0.25) is 0 Å². The van der Waals surface area contributed by atoms with Gasteiger partial charge in [-0.25, -0.2) is 0 Å². The summed E-state index contributed by atoms with van der Waals surface area (Å²) < 4.78 is 12.6. The van der Waals surface area contributed by atoms with E-state index in [-0.39, 0.29) is 5.91 Å². The summed E-state index contributed by atoms with van der Waals surface area (Å²) in [5.41, 5.74) is 3.27. The van der Waals surface area contributed by atoms with E-state index in [1.807, 2.05) is 58.2 Å². The Morgan fingerprint density at radius 1 is 1.11 bits per heavy atom. The molecular weight excluding hydrogens is 354 g/mol. The molecule has 0 N–H and O–H groups in total. The number of rotatable bonds is 5. The zero-order valence-corrected chi connectivity index (χ0v) is 15.9. The Balaban J connectivity index is 1.72. The summed E-state index contributed by atoms with van der Waals surface area (Å²) in [6.07, 6.45) is 1.85. The molecule has 0 saturated carbocycles. The van der Waals surface area contributed by atoms with Crippen LogP contribution in [0, 0.1) is 0 Å². The highest BCUT2D eigenvalue weighted by molar-refractivity contribution is 6.00. The summed E-state index contributed by atoms with van der Waals surface area (Å²) in [4.78, 5) is 15.0. The van der Waals surface area contributed by atoms with E-state index in [1.54, 1.807) is 7.11 Å². The minimum absolute atomic E-state index is 0.0135. The Kier molecular flexibility index (Phi) is 5.39. The Morgan fingerprint density at radius 3 is 2.64 bits per heavy atom. The number of benzene rings is 2. The van der Waals surface area contributed by atoms with Crippen molar-refractivity contribution in [2.24, 2.45) is 0 Å². The van der Waals surface area contributed by atoms with E-state index in [2.05, 4.69) is 12.1 Å². The molecular formula is C22H23N3O3. The number of nitrogens with zero attached hydrogens (tertiary/aromatic N) is 3. The molecule has 0 atom stereocenters. The van der Waals surface area contributed by atoms with Gasteiger partial charge in [-0.3, -0.25) is 9.48 Å². The van der Waals surface area contributed by atoms with Gasteiger partial charge in [0, 0.05) is 24.8 Å². The monoisotopic (exact) mass is 377 g/mol. The predicted octanol–water partition coefficient (Wildman–Crippen LogP) is 3.08. The highest BCUT2D eigenvalue weighted by Crippen LogP contribution is 2.27. The van der Waals surface area contributed by atoms with E-state index in [4.69, 9.17) is 14.6 Å². The number of aromatic nitrogens is 2. The van der Waals surface area contributed by atoms with Crippen molar-refractivity contribution in [2.75, 3.05) is 33.4 Å². The number of carbonyl (C=O) groups excluding carboxylic acids is 1. The Hall–Kier alpha value is -3.12. The van der Waals surface area contributed by atoms with Crippen LogP contribution < -0.4 is 4.74 Å². The second kappa shape index (κ2) is 8.27. The molecule has 2 aromatic carbocycles. The standard InChI is InChI=1S/C22H23N3O3/c1-27-19-9-5-8-18(14-19)21-20(22(26)24-10-12-28-13-11-24)16-25(23-21)15-17-6-3-2-4-7-17/h2-9,14,16H,10-13,15H2,1H3. The largest absolute Gasteiger partial charge is 0.497 e. The molecule has 1 aliphatic heterocycles. The minimum Gasteiger partial charge on any atom is -0.497 e. The molecule has 6 heteroatoms. The molecule has 28 heavy (non-hydrogen) atoms. The van der Waals surface area contributed by atoms with Gasteiger partial charge in [0.05, 0.1) is 32.4 Å². The van der Waals surface area contributed by atoms with Crippen LogP contribution in [0.4, 0.5) is 0 Å². The third-order valence-electron chi connectivity index (χ3n) is 4.82. The molecule has 2 heterocycles. The fraction of sp³-hybridized carbons (Fsp3) is 0.273. The fourth-order valence-electron chi connectivity index (χ4n) is 3.35. The van der Waals surface area contributed by atoms with E-state index >= 15 is 0 Å². The summed E-state index contributed by atoms with van der Waals surface area (Å²) in [6, 6.07) is 17.7. The zero-order valence-electron chi connectivity index (χ0n) is 15.9. The van der Waals surface area contributed by atoms with Crippen LogP contribution >= 0.6 is 0 Å². The lowest BCUT2D eigenvalue weighted by atomic mass is 10.1. The van der Waals surface area contributed by atoms with Gasteiger partial charge < -0.3 is 14.4 Å². The van der Waals surface area contributed by atoms with E-state index in [1.165, 1.54) is 0 Å². The highest BCUT2D eigenvalue weighted by Gasteiger charge is 2.24. The molecule has 0 unspecified atom stereocenters. The molecule has 1 aliphatic rings. The van der Waals surface area contributed by atoms with Crippen molar-refractivity contribution in [1.82, 2.24) is 14.7 Å². The molecule has 4 rings (SSSR count). The second-order valence-electron chi connectivity index (χ2n) is 6.71. The van der Waals surface area contributed by atoms with Crippen LogP contribution in [-0.2, 0) is 11.3 Å². The van der Waals surface area contributed by atoms with Crippen LogP contribution in [0.25, 0.3) is 11.3 Å². The second-order valence-corrected chi connectivity index (χ2v) is 6.71. The number of hydrogen-bond donors (Lipinski definition) is 0. The van der Waals surface area contributed by atoms with Gasteiger partial charge in [-0.1, -0.05) is 42.5 Å². The van der Waals surface area contributed by atoms with Crippen molar-refractivity contribution in [2.45, 2.75) is 6.54 Å². The topological polar surface area (TPSA) is 56.6 Å². The van der Waals surface area contributed by atoms with Crippen LogP contribution in [0.3, 0.4) is 0 Å². The molecule has 144 valence electrons. The first-order valence-electron chi connectivity index (χ1n) is 9.37. The van der Waals surface area contributed by atoms with Crippen LogP contribution in [0.2, 0.25) is 0 Å². The van der Waals surface area contributed by atoms with Gasteiger partial charge >= 0.3 is 0 Å². The van der Waals surface area contributed by atoms with Crippen LogP contribution in [0.5, 0.6) is 5.75 Å². The lowest BCUT2D eigenvalue weighted by molar-refractivity contribution is 0.0303. The molecule has 3 aromatic rings. The number of hydrogen-bond acceptors (Lipinski definition) is 4. The molecule has 1 saturated heterocycles. The van der Waals surface area contributed by atoms with Crippen molar-refractivity contribution in [3.63, 3.8) is 0 Å². The average molecular weight is 377 g/mol. The number of morpholine rings is 1. The molecule has 1 aromatic heterocycles. The molecule has 6 nitrogen and oxygen atoms in total. The first kappa shape index (κ1) is 18.3. The average Bonchev–Trinajstić information content (AvgIpc) is 3.18. The maximum absolute atomic E-state index is 13.2. The Morgan fingerprint density at radius 2 is 1.89 bits per heavy atom. The number of amides is 1. The van der Waals surface area contributed by atoms with Crippen molar-refractivity contribution in [1.29, 1.82) is 0 Å². The SMILES string of the molecule is COc1cccc(-c2nn(Cc3ccccc3)cc2C(=O)N2CCOCC2)c1. The number of methoxy groups -OCH3 is 1. The Bertz CT molecular complexity index is 947. The van der Waals surface area contributed by atoms with Gasteiger partial charge in [-0.2, -0.15) is 5.10 Å². The van der Waals surface area contributed by atoms with E-state index < -0.39 is 0 Å². The normalized spacial score (nSPS) is 14.1. The lowest BCUT2D eigenvalue weighted by Gasteiger charge is -2.26. The lowest BCUT2D eigenvalue weighted by Crippen LogP contribution is -2.40. The van der Waals surface area contributed by atoms with Gasteiger partial charge in [-0.15, -0.1) is 0 Å². The van der Waals surface area contributed by atoms with E-state index in [0.717, 1.165) is 16.9 Å². The van der Waals surface area contributed by atoms with Gasteiger partial charge in [0.25, 0.3) is 5.91 Å². The molecule has 0 bridgehead atoms. The van der Waals surface area contributed by atoms with Gasteiger partial charge in [0.1, 0.15) is 11.4 Å². The number of carbonyl (C=O) groups is 1. The van der Waals surface area contributed by atoms with Crippen LogP contribution in [0.15, 0.2) is 60.8 Å². The smallest absolute Gasteiger partial charge is 0.257 e. The zero-order chi connectivity index (χ0) is 19.3. The minimum atomic E-state index is -0.0135. The van der Waals surface area contributed by atoms with Crippen molar-refractivity contribution in [3.05, 3.63) is 71.9 Å². The predicted molar refractivity (Wildman–Crippen MR) is 106 cm³/mol. The quantitative estimate of drug-likeness (QED) is 0.686. The molecule has 1 amide bonds. The fourth-order valence-corrected chi connectivity index (χ4v) is 3.35. The molecule has 0 aliphatic carbocycles. The van der Waals surface area contributed by atoms with Crippen molar-refractivity contribution >= 4 is 5.91 Å². The summed E-state index contributed by atoms with van der Waals surface area (Å²) in [6.45, 7) is 2.94. The molecule has 0 radical (unpaired) electrons. The summed E-state index contributed by atoms with van der Waals surface area (Å²) in [5.74, 6) is 0.723.